The average Bonchev–Trinajstić information content (AvgIpc) is 2.65. The standard InChI is InChI=1S/C21H24ClN5O3/c1-5-14(26-20(29)30-21(2,3)4)18-25-15-8-6-7-13(22)17(15)19(28)27(18)12-9-10-16(23)24-11-12/h6-11,14H,5H2,1-4H3,(H2,23,24)(H,26,29)/t14-/m0/s1. The highest BCUT2D eigenvalue weighted by atomic mass is 35.5. The van der Waals surface area contributed by atoms with Crippen LogP contribution in [0.25, 0.3) is 16.6 Å². The average molecular weight is 430 g/mol. The molecule has 8 nitrogen and oxygen atoms in total. The van der Waals surface area contributed by atoms with E-state index >= 15 is 0 Å². The van der Waals surface area contributed by atoms with Crippen molar-refractivity contribution in [3.63, 3.8) is 0 Å². The molecule has 0 saturated heterocycles. The zero-order valence-corrected chi connectivity index (χ0v) is 18.0. The van der Waals surface area contributed by atoms with Gasteiger partial charge in [-0.15, -0.1) is 0 Å². The molecule has 0 fully saturated rings. The van der Waals surface area contributed by atoms with Crippen molar-refractivity contribution in [2.45, 2.75) is 45.8 Å². The summed E-state index contributed by atoms with van der Waals surface area (Å²) in [4.78, 5) is 34.6. The summed E-state index contributed by atoms with van der Waals surface area (Å²) >= 11 is 6.29. The van der Waals surface area contributed by atoms with Crippen molar-refractivity contribution in [3.8, 4) is 5.69 Å². The Morgan fingerprint density at radius 1 is 1.30 bits per heavy atom. The monoisotopic (exact) mass is 429 g/mol. The van der Waals surface area contributed by atoms with Gasteiger partial charge in [-0.3, -0.25) is 9.36 Å². The molecular weight excluding hydrogens is 406 g/mol. The number of anilines is 1. The number of hydrogen-bond acceptors (Lipinski definition) is 6. The Balaban J connectivity index is 2.21. The van der Waals surface area contributed by atoms with Crippen LogP contribution in [0.5, 0.6) is 0 Å². The Labute approximate surface area is 179 Å². The van der Waals surface area contributed by atoms with Gasteiger partial charge in [-0.25, -0.2) is 14.8 Å². The van der Waals surface area contributed by atoms with Gasteiger partial charge in [0.05, 0.1) is 33.9 Å². The Morgan fingerprint density at radius 2 is 2.03 bits per heavy atom. The molecule has 0 unspecified atom stereocenters. The van der Waals surface area contributed by atoms with E-state index in [2.05, 4.69) is 15.3 Å². The smallest absolute Gasteiger partial charge is 0.408 e. The number of nitrogen functional groups attached to an aromatic ring is 1. The number of pyridine rings is 1. The summed E-state index contributed by atoms with van der Waals surface area (Å²) in [5.74, 6) is 0.661. The normalized spacial score (nSPS) is 12.6. The SMILES string of the molecule is CC[C@H](NC(=O)OC(C)(C)C)c1nc2cccc(Cl)c2c(=O)n1-c1ccc(N)nc1. The maximum atomic E-state index is 13.4. The summed E-state index contributed by atoms with van der Waals surface area (Å²) in [5, 5.41) is 3.38. The first-order chi connectivity index (χ1) is 14.1. The van der Waals surface area contributed by atoms with Crippen molar-refractivity contribution < 1.29 is 9.53 Å². The topological polar surface area (TPSA) is 112 Å². The molecule has 0 radical (unpaired) electrons. The molecule has 158 valence electrons. The Kier molecular flexibility index (Phi) is 5.98. The number of nitrogens with zero attached hydrogens (tertiary/aromatic N) is 3. The van der Waals surface area contributed by atoms with Crippen LogP contribution < -0.4 is 16.6 Å². The summed E-state index contributed by atoms with van der Waals surface area (Å²) in [6, 6.07) is 7.72. The Bertz CT molecular complexity index is 1140. The molecular formula is C21H24ClN5O3. The molecule has 3 aromatic rings. The molecule has 1 aromatic carbocycles. The first-order valence-corrected chi connectivity index (χ1v) is 9.91. The number of ether oxygens (including phenoxy) is 1. The lowest BCUT2D eigenvalue weighted by molar-refractivity contribution is 0.0499. The number of hydrogen-bond donors (Lipinski definition) is 2. The molecule has 2 heterocycles. The summed E-state index contributed by atoms with van der Waals surface area (Å²) in [6.07, 6.45) is 1.35. The molecule has 2 aromatic heterocycles. The van der Waals surface area contributed by atoms with E-state index in [4.69, 9.17) is 22.1 Å². The van der Waals surface area contributed by atoms with Crippen LogP contribution in [0.3, 0.4) is 0 Å². The fraction of sp³-hybridized carbons (Fsp3) is 0.333. The van der Waals surface area contributed by atoms with E-state index in [1.165, 1.54) is 10.8 Å². The van der Waals surface area contributed by atoms with Crippen LogP contribution in [0.2, 0.25) is 5.02 Å². The van der Waals surface area contributed by atoms with Crippen LogP contribution in [0, 0.1) is 0 Å². The third kappa shape index (κ3) is 4.54. The number of fused-ring (bicyclic) bond motifs is 1. The van der Waals surface area contributed by atoms with Crippen molar-refractivity contribution in [3.05, 3.63) is 57.7 Å². The van der Waals surface area contributed by atoms with Crippen LogP contribution in [0.4, 0.5) is 10.6 Å². The van der Waals surface area contributed by atoms with Crippen molar-refractivity contribution in [1.82, 2.24) is 19.9 Å². The highest BCUT2D eigenvalue weighted by molar-refractivity contribution is 6.35. The highest BCUT2D eigenvalue weighted by Gasteiger charge is 2.25. The van der Waals surface area contributed by atoms with E-state index in [0.29, 0.717) is 34.3 Å². The predicted octanol–water partition coefficient (Wildman–Crippen LogP) is 3.99. The highest BCUT2D eigenvalue weighted by Crippen LogP contribution is 2.24. The van der Waals surface area contributed by atoms with E-state index in [-0.39, 0.29) is 10.9 Å². The van der Waals surface area contributed by atoms with Gasteiger partial charge in [-0.05, 0) is 51.5 Å². The summed E-state index contributed by atoms with van der Waals surface area (Å²) in [5.41, 5.74) is 5.57. The fourth-order valence-corrected chi connectivity index (χ4v) is 3.27. The molecule has 30 heavy (non-hydrogen) atoms. The third-order valence-corrected chi connectivity index (χ3v) is 4.63. The lowest BCUT2D eigenvalue weighted by atomic mass is 10.1. The molecule has 0 aliphatic heterocycles. The van der Waals surface area contributed by atoms with Crippen LogP contribution in [-0.4, -0.2) is 26.2 Å². The molecule has 3 N–H and O–H groups in total. The van der Waals surface area contributed by atoms with Gasteiger partial charge >= 0.3 is 6.09 Å². The molecule has 0 saturated carbocycles. The van der Waals surface area contributed by atoms with Crippen LogP contribution in [-0.2, 0) is 4.74 Å². The number of carbonyl (C=O) groups is 1. The molecule has 3 rings (SSSR count). The number of alkyl carbamates (subject to hydrolysis) is 1. The molecule has 0 bridgehead atoms. The maximum Gasteiger partial charge on any atom is 0.408 e. The van der Waals surface area contributed by atoms with Gasteiger partial charge in [0.2, 0.25) is 0 Å². The number of rotatable bonds is 4. The fourth-order valence-electron chi connectivity index (χ4n) is 3.02. The Morgan fingerprint density at radius 3 is 2.63 bits per heavy atom. The molecule has 1 amide bonds. The molecule has 0 aliphatic carbocycles. The zero-order valence-electron chi connectivity index (χ0n) is 17.3. The minimum Gasteiger partial charge on any atom is -0.444 e. The largest absolute Gasteiger partial charge is 0.444 e. The minimum atomic E-state index is -0.659. The Hall–Kier alpha value is -3.13. The minimum absolute atomic E-state index is 0.284. The van der Waals surface area contributed by atoms with Crippen LogP contribution in [0.1, 0.15) is 46.0 Å². The number of amides is 1. The second-order valence-corrected chi connectivity index (χ2v) is 8.20. The number of benzene rings is 1. The van der Waals surface area contributed by atoms with Crippen molar-refractivity contribution in [2.24, 2.45) is 0 Å². The zero-order chi connectivity index (χ0) is 22.1. The molecule has 9 heteroatoms. The van der Waals surface area contributed by atoms with E-state index < -0.39 is 17.7 Å². The second kappa shape index (κ2) is 8.31. The number of aromatic nitrogens is 3. The number of nitrogens with two attached hydrogens (primary N) is 1. The summed E-state index contributed by atoms with van der Waals surface area (Å²) in [6.45, 7) is 7.21. The van der Waals surface area contributed by atoms with Crippen LogP contribution >= 0.6 is 11.6 Å². The third-order valence-electron chi connectivity index (χ3n) is 4.31. The van der Waals surface area contributed by atoms with Gasteiger partial charge < -0.3 is 15.8 Å². The van der Waals surface area contributed by atoms with Gasteiger partial charge in [0.25, 0.3) is 5.56 Å². The van der Waals surface area contributed by atoms with Gasteiger partial charge in [0.1, 0.15) is 17.2 Å². The number of nitrogens with one attached hydrogen (secondary N) is 1. The van der Waals surface area contributed by atoms with Gasteiger partial charge in [-0.2, -0.15) is 0 Å². The first kappa shape index (κ1) is 21.6. The predicted molar refractivity (Wildman–Crippen MR) is 117 cm³/mol. The van der Waals surface area contributed by atoms with Crippen molar-refractivity contribution >= 4 is 34.4 Å². The van der Waals surface area contributed by atoms with Crippen molar-refractivity contribution in [2.75, 3.05) is 5.73 Å². The van der Waals surface area contributed by atoms with Crippen LogP contribution in [0.15, 0.2) is 41.3 Å². The van der Waals surface area contributed by atoms with E-state index in [1.54, 1.807) is 51.1 Å². The number of halogens is 1. The first-order valence-electron chi connectivity index (χ1n) is 9.53. The van der Waals surface area contributed by atoms with E-state index in [0.717, 1.165) is 0 Å². The van der Waals surface area contributed by atoms with Gasteiger partial charge in [0, 0.05) is 0 Å². The van der Waals surface area contributed by atoms with Gasteiger partial charge in [0.15, 0.2) is 0 Å². The molecule has 1 atom stereocenters. The van der Waals surface area contributed by atoms with Gasteiger partial charge in [-0.1, -0.05) is 24.6 Å². The quantitative estimate of drug-likeness (QED) is 0.648. The second-order valence-electron chi connectivity index (χ2n) is 7.79. The lowest BCUT2D eigenvalue weighted by Crippen LogP contribution is -2.37. The van der Waals surface area contributed by atoms with Crippen molar-refractivity contribution in [1.29, 1.82) is 0 Å². The lowest BCUT2D eigenvalue weighted by Gasteiger charge is -2.24. The molecule has 0 spiro atoms. The summed E-state index contributed by atoms with van der Waals surface area (Å²) < 4.78 is 6.77. The van der Waals surface area contributed by atoms with E-state index in [1.807, 2.05) is 6.92 Å². The molecule has 0 aliphatic rings. The number of carbonyl (C=O) groups excluding carboxylic acids is 1. The maximum absolute atomic E-state index is 13.4. The van der Waals surface area contributed by atoms with E-state index in [9.17, 15) is 9.59 Å². The summed E-state index contributed by atoms with van der Waals surface area (Å²) in [7, 11) is 0.